The number of tetrazole rings is 1. The molecule has 5 heteroatoms. The van der Waals surface area contributed by atoms with Gasteiger partial charge >= 0.3 is 0 Å². The second-order valence-corrected chi connectivity index (χ2v) is 7.63. The maximum Gasteiger partial charge on any atom is 0.185 e. The van der Waals surface area contributed by atoms with E-state index >= 15 is 0 Å². The molecule has 2 fully saturated rings. The highest BCUT2D eigenvalue weighted by atomic mass is 15.6. The summed E-state index contributed by atoms with van der Waals surface area (Å²) in [5.74, 6) is 1.56. The average Bonchev–Trinajstić information content (AvgIpc) is 3.06. The monoisotopic (exact) mass is 297 g/mol. The molecule has 2 aliphatic rings. The summed E-state index contributed by atoms with van der Waals surface area (Å²) >= 11 is 0. The fraction of sp³-hybridized carbons (Fsp3) is 0.588. The van der Waals surface area contributed by atoms with Gasteiger partial charge in [-0.1, -0.05) is 24.3 Å². The Hall–Kier alpha value is -1.75. The summed E-state index contributed by atoms with van der Waals surface area (Å²) in [6.45, 7) is 8.50. The van der Waals surface area contributed by atoms with Gasteiger partial charge in [0.05, 0.1) is 11.0 Å². The van der Waals surface area contributed by atoms with Crippen LogP contribution in [-0.2, 0) is 11.0 Å². The van der Waals surface area contributed by atoms with Crippen molar-refractivity contribution in [2.45, 2.75) is 50.5 Å². The van der Waals surface area contributed by atoms with Crippen LogP contribution in [0.15, 0.2) is 24.3 Å². The van der Waals surface area contributed by atoms with E-state index in [0.29, 0.717) is 5.92 Å². The van der Waals surface area contributed by atoms with Gasteiger partial charge in [-0.05, 0) is 50.0 Å². The van der Waals surface area contributed by atoms with Gasteiger partial charge in [0.15, 0.2) is 5.82 Å². The van der Waals surface area contributed by atoms with Crippen LogP contribution in [0.4, 0.5) is 0 Å². The molecule has 4 rings (SSSR count). The van der Waals surface area contributed by atoms with Crippen LogP contribution < -0.4 is 5.32 Å². The van der Waals surface area contributed by atoms with Crippen LogP contribution in [0, 0.1) is 0 Å². The first-order chi connectivity index (χ1) is 10.5. The molecule has 0 unspecified atom stereocenters. The maximum absolute atomic E-state index is 4.66. The van der Waals surface area contributed by atoms with Gasteiger partial charge in [-0.15, -0.1) is 10.2 Å². The summed E-state index contributed by atoms with van der Waals surface area (Å²) in [7, 11) is 0. The highest BCUT2D eigenvalue weighted by Crippen LogP contribution is 2.52. The maximum atomic E-state index is 4.66. The second kappa shape index (κ2) is 4.62. The number of nitrogens with one attached hydrogen (secondary N) is 1. The number of rotatable bonds is 3. The molecule has 1 saturated carbocycles. The van der Waals surface area contributed by atoms with E-state index in [-0.39, 0.29) is 11.0 Å². The first kappa shape index (κ1) is 13.9. The van der Waals surface area contributed by atoms with Crippen molar-refractivity contribution in [2.24, 2.45) is 0 Å². The molecule has 2 aromatic rings. The van der Waals surface area contributed by atoms with Crippen LogP contribution in [0.5, 0.6) is 0 Å². The minimum absolute atomic E-state index is 0.000106. The largest absolute Gasteiger partial charge is 0.315 e. The summed E-state index contributed by atoms with van der Waals surface area (Å²) in [5.41, 5.74) is 2.64. The molecule has 1 aromatic carbocycles. The van der Waals surface area contributed by atoms with Crippen LogP contribution >= 0.6 is 0 Å². The Morgan fingerprint density at radius 3 is 2.27 bits per heavy atom. The Morgan fingerprint density at radius 1 is 1.14 bits per heavy atom. The lowest BCUT2D eigenvalue weighted by molar-refractivity contribution is 0.305. The highest BCUT2D eigenvalue weighted by Gasteiger charge is 2.50. The van der Waals surface area contributed by atoms with Crippen molar-refractivity contribution in [3.63, 3.8) is 0 Å². The summed E-state index contributed by atoms with van der Waals surface area (Å²) in [5, 5.41) is 16.6. The zero-order chi connectivity index (χ0) is 15.4. The smallest absolute Gasteiger partial charge is 0.185 e. The SMILES string of the molecule is CC(C)(C)n1nnc(C2(c3ccc(C4CNC4)cc3)CC2)n1. The Morgan fingerprint density at radius 2 is 1.82 bits per heavy atom. The van der Waals surface area contributed by atoms with Crippen LogP contribution in [-0.4, -0.2) is 33.3 Å². The van der Waals surface area contributed by atoms with E-state index in [0.717, 1.165) is 31.8 Å². The summed E-state index contributed by atoms with van der Waals surface area (Å²) in [4.78, 5) is 1.73. The molecule has 0 bridgehead atoms. The van der Waals surface area contributed by atoms with E-state index in [9.17, 15) is 0 Å². The van der Waals surface area contributed by atoms with E-state index in [1.54, 1.807) is 4.80 Å². The third kappa shape index (κ3) is 2.15. The molecule has 116 valence electrons. The molecule has 2 heterocycles. The van der Waals surface area contributed by atoms with Crippen molar-refractivity contribution in [3.8, 4) is 0 Å². The molecule has 1 aliphatic heterocycles. The van der Waals surface area contributed by atoms with E-state index in [4.69, 9.17) is 0 Å². The van der Waals surface area contributed by atoms with Crippen molar-refractivity contribution < 1.29 is 0 Å². The Bertz CT molecular complexity index is 672. The molecule has 1 aromatic heterocycles. The van der Waals surface area contributed by atoms with Crippen LogP contribution in [0.1, 0.15) is 56.5 Å². The van der Waals surface area contributed by atoms with E-state index < -0.39 is 0 Å². The van der Waals surface area contributed by atoms with E-state index in [1.165, 1.54) is 11.1 Å². The lowest BCUT2D eigenvalue weighted by Crippen LogP contribution is -2.39. The van der Waals surface area contributed by atoms with E-state index in [2.05, 4.69) is 65.8 Å². The zero-order valence-electron chi connectivity index (χ0n) is 13.5. The van der Waals surface area contributed by atoms with Crippen molar-refractivity contribution in [1.82, 2.24) is 25.5 Å². The molecule has 1 saturated heterocycles. The van der Waals surface area contributed by atoms with Crippen molar-refractivity contribution in [3.05, 3.63) is 41.2 Å². The predicted molar refractivity (Wildman–Crippen MR) is 84.9 cm³/mol. The third-order valence-corrected chi connectivity index (χ3v) is 4.91. The molecule has 0 spiro atoms. The minimum atomic E-state index is -0.123. The van der Waals surface area contributed by atoms with Gasteiger partial charge in [0.2, 0.25) is 0 Å². The first-order valence-electron chi connectivity index (χ1n) is 8.11. The van der Waals surface area contributed by atoms with Crippen LogP contribution in [0.3, 0.4) is 0 Å². The molecule has 0 amide bonds. The summed E-state index contributed by atoms with van der Waals surface area (Å²) in [6, 6.07) is 9.07. The molecule has 22 heavy (non-hydrogen) atoms. The molecular formula is C17H23N5. The third-order valence-electron chi connectivity index (χ3n) is 4.91. The summed E-state index contributed by atoms with van der Waals surface area (Å²) < 4.78 is 0. The first-order valence-corrected chi connectivity index (χ1v) is 8.11. The molecule has 0 radical (unpaired) electrons. The van der Waals surface area contributed by atoms with Gasteiger partial charge in [0.25, 0.3) is 0 Å². The van der Waals surface area contributed by atoms with Crippen molar-refractivity contribution in [1.29, 1.82) is 0 Å². The van der Waals surface area contributed by atoms with Gasteiger partial charge in [0, 0.05) is 19.0 Å². The lowest BCUT2D eigenvalue weighted by atomic mass is 9.89. The fourth-order valence-electron chi connectivity index (χ4n) is 3.06. The average molecular weight is 297 g/mol. The van der Waals surface area contributed by atoms with Gasteiger partial charge in [-0.25, -0.2) is 0 Å². The Kier molecular flexibility index (Phi) is 2.92. The molecule has 1 aliphatic carbocycles. The number of benzene rings is 1. The Balaban J connectivity index is 1.62. The van der Waals surface area contributed by atoms with Crippen LogP contribution in [0.2, 0.25) is 0 Å². The fourth-order valence-corrected chi connectivity index (χ4v) is 3.06. The van der Waals surface area contributed by atoms with Gasteiger partial charge < -0.3 is 5.32 Å². The van der Waals surface area contributed by atoms with Gasteiger partial charge in [-0.3, -0.25) is 0 Å². The second-order valence-electron chi connectivity index (χ2n) is 7.63. The van der Waals surface area contributed by atoms with Crippen LogP contribution in [0.25, 0.3) is 0 Å². The highest BCUT2D eigenvalue weighted by molar-refractivity contribution is 5.41. The quantitative estimate of drug-likeness (QED) is 0.943. The number of hydrogen-bond donors (Lipinski definition) is 1. The van der Waals surface area contributed by atoms with Gasteiger partial charge in [0.1, 0.15) is 0 Å². The molecule has 5 nitrogen and oxygen atoms in total. The molecular weight excluding hydrogens is 274 g/mol. The van der Waals surface area contributed by atoms with Crippen molar-refractivity contribution >= 4 is 0 Å². The number of aromatic nitrogens is 4. The van der Waals surface area contributed by atoms with E-state index in [1.807, 2.05) is 0 Å². The molecule has 0 atom stereocenters. The lowest BCUT2D eigenvalue weighted by Gasteiger charge is -2.27. The normalized spacial score (nSPS) is 20.7. The minimum Gasteiger partial charge on any atom is -0.315 e. The number of hydrogen-bond acceptors (Lipinski definition) is 4. The topological polar surface area (TPSA) is 55.6 Å². The van der Waals surface area contributed by atoms with Gasteiger partial charge in [-0.2, -0.15) is 4.80 Å². The molecule has 1 N–H and O–H groups in total. The Labute approximate surface area is 131 Å². The van der Waals surface area contributed by atoms with Crippen molar-refractivity contribution in [2.75, 3.05) is 13.1 Å². The standard InChI is InChI=1S/C17H23N5/c1-16(2,3)22-20-15(19-21-22)17(8-9-17)14-6-4-12(5-7-14)13-10-18-11-13/h4-7,13,18H,8-11H2,1-3H3. The summed E-state index contributed by atoms with van der Waals surface area (Å²) in [6.07, 6.45) is 2.24. The predicted octanol–water partition coefficient (Wildman–Crippen LogP) is 2.19. The zero-order valence-corrected chi connectivity index (χ0v) is 13.5. The number of nitrogens with zero attached hydrogens (tertiary/aromatic N) is 4.